The fraction of sp³-hybridized carbons (Fsp3) is 0.130. The number of carbonyl (C=O) groups is 1. The molecule has 4 rings (SSSR count). The van der Waals surface area contributed by atoms with Gasteiger partial charge in [0.05, 0.1) is 21.7 Å². The molecule has 158 valence electrons. The molecule has 31 heavy (non-hydrogen) atoms. The molecule has 0 saturated heterocycles. The van der Waals surface area contributed by atoms with E-state index in [9.17, 15) is 23.1 Å². The van der Waals surface area contributed by atoms with Crippen LogP contribution in [0.1, 0.15) is 28.4 Å². The number of aromatic carboxylic acids is 1. The van der Waals surface area contributed by atoms with Crippen molar-refractivity contribution < 1.29 is 27.5 Å². The molecule has 8 heteroatoms. The van der Waals surface area contributed by atoms with E-state index in [1.165, 1.54) is 24.3 Å². The first kappa shape index (κ1) is 20.9. The summed E-state index contributed by atoms with van der Waals surface area (Å²) in [6, 6.07) is 13.3. The topological polar surface area (TPSA) is 63.3 Å². The molecule has 0 spiro atoms. The van der Waals surface area contributed by atoms with E-state index in [0.29, 0.717) is 10.9 Å². The Morgan fingerprint density at radius 3 is 2.48 bits per heavy atom. The van der Waals surface area contributed by atoms with Crippen LogP contribution < -0.4 is 0 Å². The number of hydrogen-bond donors (Lipinski definition) is 1. The monoisotopic (exact) mass is 445 g/mol. The number of rotatable bonds is 4. The minimum atomic E-state index is -4.60. The third kappa shape index (κ3) is 4.01. The van der Waals surface area contributed by atoms with Crippen LogP contribution in [0.3, 0.4) is 0 Å². The van der Waals surface area contributed by atoms with Crippen LogP contribution >= 0.6 is 11.6 Å². The second-order valence-corrected chi connectivity index (χ2v) is 7.33. The zero-order chi connectivity index (χ0) is 22.3. The van der Waals surface area contributed by atoms with Crippen molar-refractivity contribution in [2.45, 2.75) is 19.5 Å². The molecule has 0 unspecified atom stereocenters. The highest BCUT2D eigenvalue weighted by Gasteiger charge is 2.33. The fourth-order valence-electron chi connectivity index (χ4n) is 3.32. The Labute approximate surface area is 179 Å². The zero-order valence-corrected chi connectivity index (χ0v) is 16.9. The van der Waals surface area contributed by atoms with E-state index in [0.717, 1.165) is 24.1 Å². The molecule has 0 saturated carbocycles. The molecule has 0 aliphatic heterocycles. The van der Waals surface area contributed by atoms with Gasteiger partial charge in [-0.1, -0.05) is 24.6 Å². The van der Waals surface area contributed by atoms with Gasteiger partial charge in [-0.2, -0.15) is 13.2 Å². The first-order chi connectivity index (χ1) is 14.7. The number of hydrogen-bond acceptors (Lipinski definition) is 3. The molecule has 0 amide bonds. The standard InChI is InChI=1S/C23H15ClF3NO3/c1-2-12-3-6-18-14(9-12)15(22(29)30)11-19(28-18)21-8-7-20(31-21)13-4-5-17(24)16(10-13)23(25,26)27/h3-11H,2H2,1H3,(H,29,30). The number of aromatic nitrogens is 1. The summed E-state index contributed by atoms with van der Waals surface area (Å²) in [4.78, 5) is 16.3. The maximum Gasteiger partial charge on any atom is 0.417 e. The van der Waals surface area contributed by atoms with Gasteiger partial charge < -0.3 is 9.52 Å². The van der Waals surface area contributed by atoms with Crippen LogP contribution in [-0.4, -0.2) is 16.1 Å². The van der Waals surface area contributed by atoms with Gasteiger partial charge in [0.15, 0.2) is 5.76 Å². The number of nitrogens with zero attached hydrogens (tertiary/aromatic N) is 1. The van der Waals surface area contributed by atoms with E-state index < -0.39 is 22.7 Å². The maximum absolute atomic E-state index is 13.2. The summed E-state index contributed by atoms with van der Waals surface area (Å²) in [6.07, 6.45) is -3.85. The average Bonchev–Trinajstić information content (AvgIpc) is 3.22. The van der Waals surface area contributed by atoms with E-state index in [2.05, 4.69) is 4.98 Å². The van der Waals surface area contributed by atoms with Crippen molar-refractivity contribution in [3.63, 3.8) is 0 Å². The van der Waals surface area contributed by atoms with Crippen LogP contribution in [-0.2, 0) is 12.6 Å². The predicted octanol–water partition coefficient (Wildman–Crippen LogP) is 7.09. The van der Waals surface area contributed by atoms with Gasteiger partial charge in [0, 0.05) is 10.9 Å². The SMILES string of the molecule is CCc1ccc2nc(-c3ccc(-c4ccc(Cl)c(C(F)(F)F)c4)o3)cc(C(=O)O)c2c1. The maximum atomic E-state index is 13.2. The van der Waals surface area contributed by atoms with Crippen molar-refractivity contribution in [2.24, 2.45) is 0 Å². The molecule has 0 bridgehead atoms. The Morgan fingerprint density at radius 1 is 1.06 bits per heavy atom. The van der Waals surface area contributed by atoms with Crippen molar-refractivity contribution in [3.8, 4) is 22.8 Å². The van der Waals surface area contributed by atoms with Crippen molar-refractivity contribution in [1.29, 1.82) is 0 Å². The molecule has 0 fully saturated rings. The highest BCUT2D eigenvalue weighted by molar-refractivity contribution is 6.31. The second kappa shape index (κ2) is 7.74. The molecule has 2 heterocycles. The van der Waals surface area contributed by atoms with Crippen molar-refractivity contribution in [3.05, 3.63) is 76.3 Å². The average molecular weight is 446 g/mol. The van der Waals surface area contributed by atoms with Gasteiger partial charge in [0.2, 0.25) is 0 Å². The number of pyridine rings is 1. The molecule has 0 radical (unpaired) electrons. The Morgan fingerprint density at radius 2 is 1.81 bits per heavy atom. The number of halogens is 4. The minimum Gasteiger partial charge on any atom is -0.478 e. The zero-order valence-electron chi connectivity index (χ0n) is 16.1. The summed E-state index contributed by atoms with van der Waals surface area (Å²) in [5.41, 5.74) is 1.02. The Hall–Kier alpha value is -3.32. The second-order valence-electron chi connectivity index (χ2n) is 6.92. The molecule has 0 aliphatic rings. The summed E-state index contributed by atoms with van der Waals surface area (Å²) in [6.45, 7) is 1.97. The highest BCUT2D eigenvalue weighted by atomic mass is 35.5. The Balaban J connectivity index is 1.80. The van der Waals surface area contributed by atoms with Crippen molar-refractivity contribution in [2.75, 3.05) is 0 Å². The molecule has 1 N–H and O–H groups in total. The number of benzene rings is 2. The summed E-state index contributed by atoms with van der Waals surface area (Å²) in [7, 11) is 0. The van der Waals surface area contributed by atoms with Gasteiger partial charge in [-0.3, -0.25) is 0 Å². The van der Waals surface area contributed by atoms with Gasteiger partial charge in [-0.25, -0.2) is 9.78 Å². The number of carboxylic acid groups (broad SMARTS) is 1. The number of carboxylic acids is 1. The fourth-order valence-corrected chi connectivity index (χ4v) is 3.55. The van der Waals surface area contributed by atoms with E-state index in [1.54, 1.807) is 12.1 Å². The summed E-state index contributed by atoms with van der Waals surface area (Å²) in [5, 5.41) is 9.76. The molecular formula is C23H15ClF3NO3. The summed E-state index contributed by atoms with van der Waals surface area (Å²) < 4.78 is 45.2. The van der Waals surface area contributed by atoms with Crippen LogP contribution in [0.15, 0.2) is 59.0 Å². The number of fused-ring (bicyclic) bond motifs is 1. The molecule has 4 aromatic rings. The summed E-state index contributed by atoms with van der Waals surface area (Å²) in [5.74, 6) is -0.694. The normalized spacial score (nSPS) is 11.8. The lowest BCUT2D eigenvalue weighted by Crippen LogP contribution is -2.05. The number of aryl methyl sites for hydroxylation is 1. The van der Waals surface area contributed by atoms with E-state index in [4.69, 9.17) is 16.0 Å². The quantitative estimate of drug-likeness (QED) is 0.364. The third-order valence-corrected chi connectivity index (χ3v) is 5.26. The van der Waals surface area contributed by atoms with E-state index in [1.807, 2.05) is 13.0 Å². The molecule has 0 atom stereocenters. The van der Waals surface area contributed by atoms with Gasteiger partial charge >= 0.3 is 12.1 Å². The molecule has 4 nitrogen and oxygen atoms in total. The lowest BCUT2D eigenvalue weighted by molar-refractivity contribution is -0.137. The minimum absolute atomic E-state index is 0.0686. The largest absolute Gasteiger partial charge is 0.478 e. The highest BCUT2D eigenvalue weighted by Crippen LogP contribution is 2.38. The molecular weight excluding hydrogens is 431 g/mol. The Bertz CT molecular complexity index is 1310. The number of furan rings is 1. The first-order valence-corrected chi connectivity index (χ1v) is 9.69. The van der Waals surface area contributed by atoms with E-state index >= 15 is 0 Å². The van der Waals surface area contributed by atoms with Crippen LogP contribution in [0, 0.1) is 0 Å². The number of alkyl halides is 3. The predicted molar refractivity (Wildman–Crippen MR) is 111 cm³/mol. The van der Waals surface area contributed by atoms with Crippen molar-refractivity contribution in [1.82, 2.24) is 4.98 Å². The van der Waals surface area contributed by atoms with Crippen LogP contribution in [0.5, 0.6) is 0 Å². The molecule has 2 aromatic heterocycles. The lowest BCUT2D eigenvalue weighted by Gasteiger charge is -2.10. The first-order valence-electron chi connectivity index (χ1n) is 9.31. The Kier molecular flexibility index (Phi) is 5.23. The van der Waals surface area contributed by atoms with Gasteiger partial charge in [-0.05, 0) is 60.5 Å². The lowest BCUT2D eigenvalue weighted by atomic mass is 10.0. The summed E-state index contributed by atoms with van der Waals surface area (Å²) >= 11 is 5.68. The van der Waals surface area contributed by atoms with Gasteiger partial charge in [0.25, 0.3) is 0 Å². The van der Waals surface area contributed by atoms with Gasteiger partial charge in [-0.15, -0.1) is 0 Å². The van der Waals surface area contributed by atoms with Crippen LogP contribution in [0.2, 0.25) is 5.02 Å². The molecule has 2 aromatic carbocycles. The van der Waals surface area contributed by atoms with Crippen LogP contribution in [0.25, 0.3) is 33.7 Å². The van der Waals surface area contributed by atoms with Gasteiger partial charge in [0.1, 0.15) is 11.5 Å². The van der Waals surface area contributed by atoms with E-state index in [-0.39, 0.29) is 28.3 Å². The van der Waals surface area contributed by atoms with Crippen LogP contribution in [0.4, 0.5) is 13.2 Å². The van der Waals surface area contributed by atoms with Crippen molar-refractivity contribution >= 4 is 28.5 Å². The smallest absolute Gasteiger partial charge is 0.417 e. The molecule has 0 aliphatic carbocycles. The third-order valence-electron chi connectivity index (χ3n) is 4.93.